The molecule has 3 aromatic rings. The zero-order valence-electron chi connectivity index (χ0n) is 13.4. The van der Waals surface area contributed by atoms with E-state index in [0.717, 1.165) is 0 Å². The van der Waals surface area contributed by atoms with Crippen molar-refractivity contribution in [3.63, 3.8) is 0 Å². The van der Waals surface area contributed by atoms with E-state index in [-0.39, 0.29) is 5.41 Å². The molecule has 0 spiro atoms. The Hall–Kier alpha value is -2.34. The molecule has 1 aliphatic rings. The lowest BCUT2D eigenvalue weighted by Gasteiger charge is -2.22. The summed E-state index contributed by atoms with van der Waals surface area (Å²) in [6.07, 6.45) is 0. The van der Waals surface area contributed by atoms with Gasteiger partial charge in [0.15, 0.2) is 0 Å². The lowest BCUT2D eigenvalue weighted by molar-refractivity contribution is 0.660. The molecule has 0 N–H and O–H groups in total. The predicted octanol–water partition coefficient (Wildman–Crippen LogP) is 5.97. The fourth-order valence-electron chi connectivity index (χ4n) is 3.66. The zero-order chi connectivity index (χ0) is 15.3. The highest BCUT2D eigenvalue weighted by Gasteiger charge is 2.35. The Balaban J connectivity index is 1.93. The predicted molar refractivity (Wildman–Crippen MR) is 94.2 cm³/mol. The third kappa shape index (κ3) is 1.84. The van der Waals surface area contributed by atoms with Crippen LogP contribution in [0.4, 0.5) is 0 Å². The summed E-state index contributed by atoms with van der Waals surface area (Å²) in [7, 11) is 0. The summed E-state index contributed by atoms with van der Waals surface area (Å²) < 4.78 is 0. The Bertz CT molecular complexity index is 854. The fourth-order valence-corrected chi connectivity index (χ4v) is 3.66. The number of hydrogen-bond acceptors (Lipinski definition) is 0. The van der Waals surface area contributed by atoms with E-state index in [4.69, 9.17) is 0 Å². The van der Waals surface area contributed by atoms with Crippen LogP contribution >= 0.6 is 0 Å². The normalized spacial score (nSPS) is 14.5. The molecule has 0 aliphatic heterocycles. The molecule has 1 aliphatic carbocycles. The molecule has 0 heteroatoms. The van der Waals surface area contributed by atoms with Gasteiger partial charge in [0.2, 0.25) is 0 Å². The van der Waals surface area contributed by atoms with E-state index in [1.165, 1.54) is 38.9 Å². The SMILES string of the molecule is Cc1ccc2c(c1)C(C)(C)c1cc(-c3ccccc3)ccc1-2. The average molecular weight is 284 g/mol. The van der Waals surface area contributed by atoms with Crippen molar-refractivity contribution in [2.75, 3.05) is 0 Å². The second-order valence-corrected chi connectivity index (χ2v) is 6.80. The number of rotatable bonds is 1. The Morgan fingerprint density at radius 1 is 0.636 bits per heavy atom. The molecule has 0 fully saturated rings. The van der Waals surface area contributed by atoms with Crippen LogP contribution in [0.25, 0.3) is 22.3 Å². The highest BCUT2D eigenvalue weighted by atomic mass is 14.4. The van der Waals surface area contributed by atoms with Crippen molar-refractivity contribution in [1.82, 2.24) is 0 Å². The summed E-state index contributed by atoms with van der Waals surface area (Å²) >= 11 is 0. The van der Waals surface area contributed by atoms with Gasteiger partial charge in [0.05, 0.1) is 0 Å². The van der Waals surface area contributed by atoms with Crippen molar-refractivity contribution in [2.24, 2.45) is 0 Å². The van der Waals surface area contributed by atoms with E-state index in [2.05, 4.69) is 87.5 Å². The molecule has 108 valence electrons. The van der Waals surface area contributed by atoms with Crippen LogP contribution in [-0.2, 0) is 5.41 Å². The minimum absolute atomic E-state index is 0.0709. The first kappa shape index (κ1) is 13.3. The molecular formula is C22H20. The van der Waals surface area contributed by atoms with Crippen LogP contribution in [0.2, 0.25) is 0 Å². The van der Waals surface area contributed by atoms with Crippen molar-refractivity contribution in [3.05, 3.63) is 83.4 Å². The van der Waals surface area contributed by atoms with Crippen LogP contribution in [0.5, 0.6) is 0 Å². The first-order chi connectivity index (χ1) is 10.6. The van der Waals surface area contributed by atoms with Crippen LogP contribution < -0.4 is 0 Å². The molecule has 0 amide bonds. The van der Waals surface area contributed by atoms with Gasteiger partial charge in [-0.15, -0.1) is 0 Å². The smallest absolute Gasteiger partial charge is 0.0159 e. The maximum absolute atomic E-state index is 2.38. The van der Waals surface area contributed by atoms with E-state index < -0.39 is 0 Å². The summed E-state index contributed by atoms with van der Waals surface area (Å²) in [4.78, 5) is 0. The molecule has 0 atom stereocenters. The second kappa shape index (κ2) is 4.58. The highest BCUT2D eigenvalue weighted by molar-refractivity contribution is 5.83. The Labute approximate surface area is 132 Å². The summed E-state index contributed by atoms with van der Waals surface area (Å²) in [5.41, 5.74) is 9.67. The number of hydrogen-bond donors (Lipinski definition) is 0. The number of aryl methyl sites for hydroxylation is 1. The highest BCUT2D eigenvalue weighted by Crippen LogP contribution is 2.49. The maximum Gasteiger partial charge on any atom is 0.0159 e. The van der Waals surface area contributed by atoms with Crippen LogP contribution in [0.15, 0.2) is 66.7 Å². The molecular weight excluding hydrogens is 264 g/mol. The Kier molecular flexibility index (Phi) is 2.77. The Morgan fingerprint density at radius 3 is 2.00 bits per heavy atom. The van der Waals surface area contributed by atoms with Gasteiger partial charge in [0, 0.05) is 5.41 Å². The molecule has 0 unspecified atom stereocenters. The third-order valence-electron chi connectivity index (χ3n) is 4.94. The summed E-state index contributed by atoms with van der Waals surface area (Å²) in [6, 6.07) is 24.4. The number of fused-ring (bicyclic) bond motifs is 3. The molecule has 22 heavy (non-hydrogen) atoms. The van der Waals surface area contributed by atoms with Crippen molar-refractivity contribution < 1.29 is 0 Å². The zero-order valence-corrected chi connectivity index (χ0v) is 13.4. The minimum Gasteiger partial charge on any atom is -0.0622 e. The molecule has 0 aromatic heterocycles. The van der Waals surface area contributed by atoms with E-state index in [1.54, 1.807) is 0 Å². The number of benzene rings is 3. The van der Waals surface area contributed by atoms with Gasteiger partial charge in [-0.2, -0.15) is 0 Å². The van der Waals surface area contributed by atoms with Crippen molar-refractivity contribution in [2.45, 2.75) is 26.2 Å². The van der Waals surface area contributed by atoms with E-state index >= 15 is 0 Å². The van der Waals surface area contributed by atoms with Gasteiger partial charge in [-0.1, -0.05) is 80.1 Å². The van der Waals surface area contributed by atoms with E-state index in [1.807, 2.05) is 0 Å². The Morgan fingerprint density at radius 2 is 1.27 bits per heavy atom. The van der Waals surface area contributed by atoms with Gasteiger partial charge in [-0.3, -0.25) is 0 Å². The summed E-state index contributed by atoms with van der Waals surface area (Å²) in [5.74, 6) is 0. The molecule has 0 radical (unpaired) electrons. The van der Waals surface area contributed by atoms with Gasteiger partial charge < -0.3 is 0 Å². The first-order valence-corrected chi connectivity index (χ1v) is 7.89. The molecule has 0 heterocycles. The average Bonchev–Trinajstić information content (AvgIpc) is 2.76. The lowest BCUT2D eigenvalue weighted by atomic mass is 9.81. The molecule has 0 saturated carbocycles. The summed E-state index contributed by atoms with van der Waals surface area (Å²) in [6.45, 7) is 6.85. The minimum atomic E-state index is 0.0709. The van der Waals surface area contributed by atoms with Crippen molar-refractivity contribution in [3.8, 4) is 22.3 Å². The van der Waals surface area contributed by atoms with Crippen molar-refractivity contribution in [1.29, 1.82) is 0 Å². The van der Waals surface area contributed by atoms with Crippen LogP contribution in [-0.4, -0.2) is 0 Å². The maximum atomic E-state index is 2.38. The molecule has 0 nitrogen and oxygen atoms in total. The third-order valence-corrected chi connectivity index (χ3v) is 4.94. The largest absolute Gasteiger partial charge is 0.0622 e. The quantitative estimate of drug-likeness (QED) is 0.516. The van der Waals surface area contributed by atoms with Gasteiger partial charge >= 0.3 is 0 Å². The molecule has 4 rings (SSSR count). The second-order valence-electron chi connectivity index (χ2n) is 6.80. The molecule has 0 saturated heterocycles. The lowest BCUT2D eigenvalue weighted by Crippen LogP contribution is -2.15. The van der Waals surface area contributed by atoms with Gasteiger partial charge in [0.25, 0.3) is 0 Å². The molecule has 0 bridgehead atoms. The van der Waals surface area contributed by atoms with Gasteiger partial charge in [-0.25, -0.2) is 0 Å². The van der Waals surface area contributed by atoms with E-state index in [9.17, 15) is 0 Å². The standard InChI is InChI=1S/C22H20/c1-15-9-11-18-19-12-10-17(16-7-5-4-6-8-16)14-21(19)22(2,3)20(18)13-15/h4-14H,1-3H3. The van der Waals surface area contributed by atoms with Crippen molar-refractivity contribution >= 4 is 0 Å². The monoisotopic (exact) mass is 284 g/mol. The van der Waals surface area contributed by atoms with E-state index in [0.29, 0.717) is 0 Å². The summed E-state index contributed by atoms with van der Waals surface area (Å²) in [5, 5.41) is 0. The fraction of sp³-hybridized carbons (Fsp3) is 0.182. The first-order valence-electron chi connectivity index (χ1n) is 7.89. The topological polar surface area (TPSA) is 0 Å². The molecule has 3 aromatic carbocycles. The van der Waals surface area contributed by atoms with Crippen LogP contribution in [0, 0.1) is 6.92 Å². The van der Waals surface area contributed by atoms with Gasteiger partial charge in [-0.05, 0) is 46.4 Å². The van der Waals surface area contributed by atoms with Gasteiger partial charge in [0.1, 0.15) is 0 Å². The van der Waals surface area contributed by atoms with Crippen LogP contribution in [0.1, 0.15) is 30.5 Å². The van der Waals surface area contributed by atoms with Crippen LogP contribution in [0.3, 0.4) is 0 Å².